The molecule has 36 heavy (non-hydrogen) atoms. The quantitative estimate of drug-likeness (QED) is 0.530. The minimum Gasteiger partial charge on any atom is -0.351 e. The Morgan fingerprint density at radius 2 is 1.69 bits per heavy atom. The van der Waals surface area contributed by atoms with Gasteiger partial charge < -0.3 is 15.5 Å². The maximum Gasteiger partial charge on any atom is 0.314 e. The summed E-state index contributed by atoms with van der Waals surface area (Å²) in [6.07, 6.45) is 8.09. The number of aromatic nitrogens is 1. The van der Waals surface area contributed by atoms with Crippen LogP contribution in [0.3, 0.4) is 0 Å². The van der Waals surface area contributed by atoms with Gasteiger partial charge in [-0.2, -0.15) is 0 Å². The SMILES string of the molecule is Cc1cnc2c(c1)CCc1cc(Cl)cc(Br)c1[C@H]2C1CCN(C(=O)CC2CCN(C(N)=O)CC2)CC1. The summed E-state index contributed by atoms with van der Waals surface area (Å²) in [6, 6.07) is 6.06. The van der Waals surface area contributed by atoms with E-state index in [-0.39, 0.29) is 17.9 Å². The molecule has 3 amide bonds. The van der Waals surface area contributed by atoms with Gasteiger partial charge in [0.15, 0.2) is 0 Å². The average Bonchev–Trinajstić information content (AvgIpc) is 3.01. The van der Waals surface area contributed by atoms with Crippen molar-refractivity contribution >= 4 is 39.5 Å². The molecule has 0 unspecified atom stereocenters. The van der Waals surface area contributed by atoms with Gasteiger partial charge in [0.2, 0.25) is 5.91 Å². The zero-order valence-corrected chi connectivity index (χ0v) is 23.2. The van der Waals surface area contributed by atoms with Gasteiger partial charge in [-0.1, -0.05) is 33.6 Å². The molecule has 2 N–H and O–H groups in total. The van der Waals surface area contributed by atoms with Crippen LogP contribution in [-0.2, 0) is 17.6 Å². The Balaban J connectivity index is 1.31. The number of likely N-dealkylation sites (tertiary alicyclic amines) is 2. The molecule has 0 radical (unpaired) electrons. The Hall–Kier alpha value is -2.12. The first-order valence-corrected chi connectivity index (χ1v) is 14.2. The molecule has 3 aliphatic rings. The molecule has 8 heteroatoms. The summed E-state index contributed by atoms with van der Waals surface area (Å²) in [5.74, 6) is 1.19. The fraction of sp³-hybridized carbons (Fsp3) is 0.536. The number of benzene rings is 1. The highest BCUT2D eigenvalue weighted by atomic mass is 79.9. The van der Waals surface area contributed by atoms with Crippen LogP contribution in [0.1, 0.15) is 66.0 Å². The molecule has 192 valence electrons. The van der Waals surface area contributed by atoms with Crippen molar-refractivity contribution in [1.29, 1.82) is 0 Å². The number of carbonyl (C=O) groups excluding carboxylic acids is 2. The number of amides is 3. The third kappa shape index (κ3) is 5.28. The molecule has 0 bridgehead atoms. The van der Waals surface area contributed by atoms with Crippen molar-refractivity contribution in [3.63, 3.8) is 0 Å². The van der Waals surface area contributed by atoms with Crippen LogP contribution in [0, 0.1) is 18.8 Å². The van der Waals surface area contributed by atoms with E-state index in [0.29, 0.717) is 31.3 Å². The second kappa shape index (κ2) is 10.7. The van der Waals surface area contributed by atoms with Crippen LogP contribution in [0.5, 0.6) is 0 Å². The predicted octanol–water partition coefficient (Wildman–Crippen LogP) is 5.46. The first-order chi connectivity index (χ1) is 17.3. The van der Waals surface area contributed by atoms with E-state index >= 15 is 0 Å². The molecular formula is C28H34BrClN4O2. The highest BCUT2D eigenvalue weighted by molar-refractivity contribution is 9.10. The fourth-order valence-electron chi connectivity index (χ4n) is 6.39. The molecule has 1 aromatic carbocycles. The number of carbonyl (C=O) groups is 2. The Morgan fingerprint density at radius 1 is 1.03 bits per heavy atom. The highest BCUT2D eigenvalue weighted by Crippen LogP contribution is 2.46. The lowest BCUT2D eigenvalue weighted by Crippen LogP contribution is -2.44. The summed E-state index contributed by atoms with van der Waals surface area (Å²) in [6.45, 7) is 4.97. The van der Waals surface area contributed by atoms with Gasteiger partial charge in [-0.15, -0.1) is 0 Å². The number of urea groups is 1. The lowest BCUT2D eigenvalue weighted by molar-refractivity contribution is -0.134. The van der Waals surface area contributed by atoms with E-state index in [9.17, 15) is 9.59 Å². The molecule has 1 aliphatic carbocycles. The minimum absolute atomic E-state index is 0.195. The molecule has 1 atom stereocenters. The van der Waals surface area contributed by atoms with Crippen molar-refractivity contribution in [2.24, 2.45) is 17.6 Å². The molecule has 5 rings (SSSR count). The van der Waals surface area contributed by atoms with Crippen LogP contribution in [0.2, 0.25) is 5.02 Å². The summed E-state index contributed by atoms with van der Waals surface area (Å²) < 4.78 is 1.06. The Bertz CT molecular complexity index is 1160. The van der Waals surface area contributed by atoms with Gasteiger partial charge in [0.05, 0.1) is 5.69 Å². The maximum atomic E-state index is 13.1. The van der Waals surface area contributed by atoms with E-state index in [2.05, 4.69) is 39.9 Å². The topological polar surface area (TPSA) is 79.5 Å². The standard InChI is InChI=1S/C28H34BrClN4O2/c1-17-12-21-3-2-20-14-22(30)15-23(29)25(20)26(27(21)32-16-17)19-6-10-33(11-7-19)24(35)13-18-4-8-34(9-5-18)28(31)36/h12,14-16,18-19,26H,2-11,13H2,1H3,(H2,31,36)/t26-/m1/s1. The monoisotopic (exact) mass is 572 g/mol. The van der Waals surface area contributed by atoms with E-state index in [1.54, 1.807) is 4.90 Å². The smallest absolute Gasteiger partial charge is 0.314 e. The van der Waals surface area contributed by atoms with Crippen molar-refractivity contribution in [3.05, 3.63) is 61.8 Å². The molecule has 1 aromatic heterocycles. The molecule has 2 aromatic rings. The number of piperidine rings is 2. The van der Waals surface area contributed by atoms with Gasteiger partial charge in [0.25, 0.3) is 0 Å². The van der Waals surface area contributed by atoms with Gasteiger partial charge in [0.1, 0.15) is 0 Å². The van der Waals surface area contributed by atoms with E-state index in [4.69, 9.17) is 22.3 Å². The van der Waals surface area contributed by atoms with Gasteiger partial charge in [-0.25, -0.2) is 4.79 Å². The van der Waals surface area contributed by atoms with Crippen molar-refractivity contribution in [2.75, 3.05) is 26.2 Å². The van der Waals surface area contributed by atoms with Crippen LogP contribution in [0.25, 0.3) is 0 Å². The summed E-state index contributed by atoms with van der Waals surface area (Å²) in [5, 5.41) is 0.761. The van der Waals surface area contributed by atoms with Crippen molar-refractivity contribution < 1.29 is 9.59 Å². The fourth-order valence-corrected chi connectivity index (χ4v) is 7.52. The van der Waals surface area contributed by atoms with Gasteiger partial charge in [-0.05, 0) is 91.7 Å². The van der Waals surface area contributed by atoms with Crippen LogP contribution >= 0.6 is 27.5 Å². The van der Waals surface area contributed by atoms with Crippen LogP contribution in [0.15, 0.2) is 28.9 Å². The molecule has 3 heterocycles. The third-order valence-corrected chi connectivity index (χ3v) is 9.21. The molecule has 2 fully saturated rings. The number of rotatable bonds is 3. The number of primary amides is 1. The third-order valence-electron chi connectivity index (χ3n) is 8.34. The number of nitrogens with zero attached hydrogens (tertiary/aromatic N) is 3. The summed E-state index contributed by atoms with van der Waals surface area (Å²) in [7, 11) is 0. The van der Waals surface area contributed by atoms with Crippen LogP contribution in [-0.4, -0.2) is 52.9 Å². The molecule has 0 spiro atoms. The normalized spacial score (nSPS) is 21.0. The van der Waals surface area contributed by atoms with Crippen LogP contribution in [0.4, 0.5) is 4.79 Å². The molecule has 2 aliphatic heterocycles. The van der Waals surface area contributed by atoms with E-state index in [0.717, 1.165) is 61.1 Å². The number of hydrogen-bond donors (Lipinski definition) is 1. The number of pyridine rings is 1. The number of nitrogens with two attached hydrogens (primary N) is 1. The molecule has 2 saturated heterocycles. The number of fused-ring (bicyclic) bond motifs is 2. The highest BCUT2D eigenvalue weighted by Gasteiger charge is 2.36. The van der Waals surface area contributed by atoms with Gasteiger partial charge in [-0.3, -0.25) is 9.78 Å². The lowest BCUT2D eigenvalue weighted by atomic mass is 9.76. The number of aryl methyl sites for hydroxylation is 3. The zero-order chi connectivity index (χ0) is 25.4. The zero-order valence-electron chi connectivity index (χ0n) is 20.8. The second-order valence-electron chi connectivity index (χ2n) is 10.7. The molecule has 0 saturated carbocycles. The Morgan fingerprint density at radius 3 is 2.39 bits per heavy atom. The van der Waals surface area contributed by atoms with Crippen molar-refractivity contribution in [3.8, 4) is 0 Å². The van der Waals surface area contributed by atoms with E-state index in [1.807, 2.05) is 12.3 Å². The van der Waals surface area contributed by atoms with Gasteiger partial charge >= 0.3 is 6.03 Å². The maximum absolute atomic E-state index is 13.1. The second-order valence-corrected chi connectivity index (χ2v) is 12.0. The summed E-state index contributed by atoms with van der Waals surface area (Å²) in [5.41, 5.74) is 11.7. The van der Waals surface area contributed by atoms with E-state index < -0.39 is 0 Å². The molecule has 6 nitrogen and oxygen atoms in total. The summed E-state index contributed by atoms with van der Waals surface area (Å²) >= 11 is 10.3. The average molecular weight is 574 g/mol. The first-order valence-electron chi connectivity index (χ1n) is 13.1. The number of halogens is 2. The van der Waals surface area contributed by atoms with E-state index in [1.165, 1.54) is 27.9 Å². The van der Waals surface area contributed by atoms with Gasteiger partial charge in [0, 0.05) is 54.2 Å². The van der Waals surface area contributed by atoms with Crippen LogP contribution < -0.4 is 5.73 Å². The minimum atomic E-state index is -0.359. The predicted molar refractivity (Wildman–Crippen MR) is 145 cm³/mol. The Labute approximate surface area is 226 Å². The first kappa shape index (κ1) is 25.5. The summed E-state index contributed by atoms with van der Waals surface area (Å²) in [4.78, 5) is 33.2. The lowest BCUT2D eigenvalue weighted by Gasteiger charge is -2.38. The molecular weight excluding hydrogens is 540 g/mol. The Kier molecular flexibility index (Phi) is 7.59. The number of hydrogen-bond acceptors (Lipinski definition) is 3. The van der Waals surface area contributed by atoms with Crippen molar-refractivity contribution in [1.82, 2.24) is 14.8 Å². The van der Waals surface area contributed by atoms with Crippen molar-refractivity contribution in [2.45, 2.75) is 57.8 Å². The largest absolute Gasteiger partial charge is 0.351 e.